The van der Waals surface area contributed by atoms with Gasteiger partial charge in [0.15, 0.2) is 5.82 Å². The van der Waals surface area contributed by atoms with Gasteiger partial charge in [0, 0.05) is 13.6 Å². The Bertz CT molecular complexity index is 460. The van der Waals surface area contributed by atoms with Crippen molar-refractivity contribution < 1.29 is 14.3 Å². The summed E-state index contributed by atoms with van der Waals surface area (Å²) in [5.41, 5.74) is -0.00938. The van der Waals surface area contributed by atoms with Crippen LogP contribution in [0.4, 0.5) is 4.39 Å². The van der Waals surface area contributed by atoms with E-state index in [1.807, 2.05) is 0 Å². The zero-order valence-corrected chi connectivity index (χ0v) is 10.8. The average molecular weight is 272 g/mol. The lowest BCUT2D eigenvalue weighted by Crippen LogP contribution is -2.39. The Kier molecular flexibility index (Phi) is 3.88. The van der Waals surface area contributed by atoms with Gasteiger partial charge in [-0.3, -0.25) is 4.79 Å². The molecule has 1 N–H and O–H groups in total. The van der Waals surface area contributed by atoms with Crippen molar-refractivity contribution >= 4 is 17.5 Å². The number of carbonyl (C=O) groups excluding carboxylic acids is 1. The molecular weight excluding hydrogens is 257 g/mol. The highest BCUT2D eigenvalue weighted by Gasteiger charge is 2.29. The van der Waals surface area contributed by atoms with Crippen molar-refractivity contribution in [1.29, 1.82) is 0 Å². The summed E-state index contributed by atoms with van der Waals surface area (Å²) >= 11 is 5.65. The van der Waals surface area contributed by atoms with E-state index in [4.69, 9.17) is 11.6 Å². The van der Waals surface area contributed by atoms with E-state index < -0.39 is 5.82 Å². The van der Waals surface area contributed by atoms with Crippen LogP contribution >= 0.6 is 11.6 Å². The Morgan fingerprint density at radius 1 is 1.56 bits per heavy atom. The van der Waals surface area contributed by atoms with Crippen LogP contribution in [0.3, 0.4) is 0 Å². The standard InChI is InChI=1S/C13H15ClFNO2/c1-16(7-8-5-9(17)6-8)13(18)10-3-2-4-11(14)12(10)15/h2-4,8-9,17H,5-7H2,1H3. The predicted molar refractivity (Wildman–Crippen MR) is 67.1 cm³/mol. The van der Waals surface area contributed by atoms with Crippen LogP contribution < -0.4 is 0 Å². The van der Waals surface area contributed by atoms with E-state index in [0.29, 0.717) is 25.3 Å². The third kappa shape index (κ3) is 2.65. The highest BCUT2D eigenvalue weighted by molar-refractivity contribution is 6.31. The lowest BCUT2D eigenvalue weighted by molar-refractivity contribution is 0.0264. The molecule has 18 heavy (non-hydrogen) atoms. The van der Waals surface area contributed by atoms with Gasteiger partial charge in [-0.2, -0.15) is 0 Å². The van der Waals surface area contributed by atoms with Crippen LogP contribution in [0.25, 0.3) is 0 Å². The molecule has 98 valence electrons. The van der Waals surface area contributed by atoms with Gasteiger partial charge in [0.2, 0.25) is 0 Å². The highest BCUT2D eigenvalue weighted by atomic mass is 35.5. The van der Waals surface area contributed by atoms with Gasteiger partial charge < -0.3 is 10.0 Å². The van der Waals surface area contributed by atoms with Crippen LogP contribution in [0.1, 0.15) is 23.2 Å². The minimum absolute atomic E-state index is 0.00938. The van der Waals surface area contributed by atoms with E-state index in [-0.39, 0.29) is 22.6 Å². The second-order valence-corrected chi connectivity index (χ2v) is 5.19. The smallest absolute Gasteiger partial charge is 0.256 e. The molecule has 5 heteroatoms. The number of hydrogen-bond acceptors (Lipinski definition) is 2. The van der Waals surface area contributed by atoms with Gasteiger partial charge in [-0.15, -0.1) is 0 Å². The van der Waals surface area contributed by atoms with Gasteiger partial charge in [0.1, 0.15) is 0 Å². The minimum atomic E-state index is -0.676. The Balaban J connectivity index is 2.04. The van der Waals surface area contributed by atoms with Crippen molar-refractivity contribution in [3.05, 3.63) is 34.6 Å². The first kappa shape index (κ1) is 13.3. The molecule has 0 aliphatic heterocycles. The molecular formula is C13H15ClFNO2. The van der Waals surface area contributed by atoms with E-state index >= 15 is 0 Å². The first-order valence-electron chi connectivity index (χ1n) is 5.86. The van der Waals surface area contributed by atoms with Crippen molar-refractivity contribution in [3.63, 3.8) is 0 Å². The molecule has 1 aromatic carbocycles. The maximum Gasteiger partial charge on any atom is 0.256 e. The zero-order chi connectivity index (χ0) is 13.3. The SMILES string of the molecule is CN(CC1CC(O)C1)C(=O)c1cccc(Cl)c1F. The molecule has 0 radical (unpaired) electrons. The van der Waals surface area contributed by atoms with Crippen LogP contribution in [0.15, 0.2) is 18.2 Å². The maximum atomic E-state index is 13.7. The number of halogens is 2. The lowest BCUT2D eigenvalue weighted by atomic mass is 9.82. The summed E-state index contributed by atoms with van der Waals surface area (Å²) in [6, 6.07) is 4.39. The molecule has 1 fully saturated rings. The summed E-state index contributed by atoms with van der Waals surface area (Å²) in [6.07, 6.45) is 1.16. The van der Waals surface area contributed by atoms with Gasteiger partial charge >= 0.3 is 0 Å². The third-order valence-electron chi connectivity index (χ3n) is 3.27. The molecule has 1 aliphatic carbocycles. The number of benzene rings is 1. The first-order valence-corrected chi connectivity index (χ1v) is 6.24. The Labute approximate surface area is 110 Å². The second-order valence-electron chi connectivity index (χ2n) is 4.78. The van der Waals surface area contributed by atoms with E-state index in [0.717, 1.165) is 0 Å². The molecule has 1 saturated carbocycles. The fraction of sp³-hybridized carbons (Fsp3) is 0.462. The summed E-state index contributed by atoms with van der Waals surface area (Å²) in [5.74, 6) is -0.753. The molecule has 0 unspecified atom stereocenters. The van der Waals surface area contributed by atoms with Crippen LogP contribution in [-0.4, -0.2) is 35.6 Å². The summed E-state index contributed by atoms with van der Waals surface area (Å²) < 4.78 is 13.7. The second kappa shape index (κ2) is 5.24. The van der Waals surface area contributed by atoms with Crippen LogP contribution in [0, 0.1) is 11.7 Å². The fourth-order valence-electron chi connectivity index (χ4n) is 2.19. The number of hydrogen-bond donors (Lipinski definition) is 1. The maximum absolute atomic E-state index is 13.7. The summed E-state index contributed by atoms with van der Waals surface area (Å²) in [4.78, 5) is 13.5. The molecule has 0 atom stereocenters. The van der Waals surface area contributed by atoms with Gasteiger partial charge in [0.05, 0.1) is 16.7 Å². The van der Waals surface area contributed by atoms with Gasteiger partial charge in [0.25, 0.3) is 5.91 Å². The molecule has 0 heterocycles. The van der Waals surface area contributed by atoms with Gasteiger partial charge in [-0.05, 0) is 30.9 Å². The van der Waals surface area contributed by atoms with Crippen molar-refractivity contribution in [2.45, 2.75) is 18.9 Å². The fourth-order valence-corrected chi connectivity index (χ4v) is 2.37. The van der Waals surface area contributed by atoms with E-state index in [1.54, 1.807) is 13.1 Å². The molecule has 2 rings (SSSR count). The van der Waals surface area contributed by atoms with E-state index in [1.165, 1.54) is 17.0 Å². The molecule has 0 saturated heterocycles. The molecule has 0 bridgehead atoms. The zero-order valence-electron chi connectivity index (χ0n) is 10.1. The number of aliphatic hydroxyl groups excluding tert-OH is 1. The molecule has 1 amide bonds. The quantitative estimate of drug-likeness (QED) is 0.917. The summed E-state index contributed by atoms with van der Waals surface area (Å²) in [7, 11) is 1.63. The van der Waals surface area contributed by atoms with E-state index in [2.05, 4.69) is 0 Å². The van der Waals surface area contributed by atoms with Crippen LogP contribution in [0.2, 0.25) is 5.02 Å². The molecule has 1 aromatic rings. The molecule has 0 aromatic heterocycles. The molecule has 3 nitrogen and oxygen atoms in total. The largest absolute Gasteiger partial charge is 0.393 e. The topological polar surface area (TPSA) is 40.5 Å². The summed E-state index contributed by atoms with van der Waals surface area (Å²) in [6.45, 7) is 0.530. The number of rotatable bonds is 3. The van der Waals surface area contributed by atoms with Gasteiger partial charge in [-0.25, -0.2) is 4.39 Å². The van der Waals surface area contributed by atoms with Crippen molar-refractivity contribution in [1.82, 2.24) is 4.90 Å². The highest BCUT2D eigenvalue weighted by Crippen LogP contribution is 2.28. The minimum Gasteiger partial charge on any atom is -0.393 e. The number of carbonyl (C=O) groups is 1. The number of nitrogens with zero attached hydrogens (tertiary/aromatic N) is 1. The van der Waals surface area contributed by atoms with Crippen molar-refractivity contribution in [2.75, 3.05) is 13.6 Å². The van der Waals surface area contributed by atoms with Crippen LogP contribution in [0.5, 0.6) is 0 Å². The van der Waals surface area contributed by atoms with Crippen LogP contribution in [-0.2, 0) is 0 Å². The Morgan fingerprint density at radius 2 is 2.22 bits per heavy atom. The van der Waals surface area contributed by atoms with Gasteiger partial charge in [-0.1, -0.05) is 17.7 Å². The first-order chi connectivity index (χ1) is 8.49. The number of amides is 1. The predicted octanol–water partition coefficient (Wildman–Crippen LogP) is 2.32. The van der Waals surface area contributed by atoms with Crippen molar-refractivity contribution in [3.8, 4) is 0 Å². The van der Waals surface area contributed by atoms with E-state index in [9.17, 15) is 14.3 Å². The Hall–Kier alpha value is -1.13. The van der Waals surface area contributed by atoms with Crippen molar-refractivity contribution in [2.24, 2.45) is 5.92 Å². The Morgan fingerprint density at radius 3 is 2.83 bits per heavy atom. The summed E-state index contributed by atoms with van der Waals surface area (Å²) in [5, 5.41) is 9.14. The number of aliphatic hydroxyl groups is 1. The third-order valence-corrected chi connectivity index (χ3v) is 3.56. The molecule has 1 aliphatic rings. The lowest BCUT2D eigenvalue weighted by Gasteiger charge is -2.34. The average Bonchev–Trinajstić information content (AvgIpc) is 2.30. The normalized spacial score (nSPS) is 22.4. The monoisotopic (exact) mass is 271 g/mol. The molecule has 0 spiro atoms.